The molecule has 0 saturated carbocycles. The molecule has 3 aromatic rings. The van der Waals surface area contributed by atoms with Crippen molar-refractivity contribution in [1.82, 2.24) is 9.97 Å². The molecule has 0 aliphatic rings. The lowest BCUT2D eigenvalue weighted by Gasteiger charge is -2.37. The predicted molar refractivity (Wildman–Crippen MR) is 102 cm³/mol. The van der Waals surface area contributed by atoms with E-state index in [2.05, 4.69) is 9.97 Å². The van der Waals surface area contributed by atoms with Crippen LogP contribution in [0.5, 0.6) is 5.75 Å². The van der Waals surface area contributed by atoms with Crippen molar-refractivity contribution in [1.29, 1.82) is 0 Å². The first-order valence-electron chi connectivity index (χ1n) is 9.03. The molecule has 156 valence electrons. The van der Waals surface area contributed by atoms with Gasteiger partial charge in [0.2, 0.25) is 0 Å². The molecule has 2 atom stereocenters. The molecule has 0 aliphatic carbocycles. The summed E-state index contributed by atoms with van der Waals surface area (Å²) in [6.45, 7) is 0.283. The van der Waals surface area contributed by atoms with Crippen molar-refractivity contribution in [2.24, 2.45) is 0 Å². The Morgan fingerprint density at radius 1 is 1.24 bits per heavy atom. The van der Waals surface area contributed by atoms with Gasteiger partial charge in [0.1, 0.15) is 17.2 Å². The number of hydrogen-bond acceptors (Lipinski definition) is 3. The molecule has 2 unspecified atom stereocenters. The van der Waals surface area contributed by atoms with Gasteiger partial charge in [-0.05, 0) is 36.8 Å². The Bertz CT molecular complexity index is 961. The molecule has 2 heterocycles. The van der Waals surface area contributed by atoms with Gasteiger partial charge in [-0.2, -0.15) is 0 Å². The number of ether oxygens (including phenoxy) is 1. The van der Waals surface area contributed by atoms with Crippen molar-refractivity contribution in [3.63, 3.8) is 0 Å². The first kappa shape index (κ1) is 21.1. The molecule has 0 fully saturated rings. The molecule has 4 nitrogen and oxygen atoms in total. The number of aromatic nitrogens is 2. The zero-order valence-electron chi connectivity index (χ0n) is 16.1. The summed E-state index contributed by atoms with van der Waals surface area (Å²) in [5, 5.41) is 11.6. The number of halogens is 4. The van der Waals surface area contributed by atoms with Crippen LogP contribution in [0, 0.1) is 5.82 Å². The topological polar surface area (TPSA) is 58.1 Å². The van der Waals surface area contributed by atoms with Crippen molar-refractivity contribution < 1.29 is 27.4 Å². The zero-order valence-corrected chi connectivity index (χ0v) is 16.1. The minimum atomic E-state index is -3.16. The SMILES string of the molecule is COc1ccc(F)cc1C(C)(CF)CC(O)(Cc1cc2ccncc2[nH]1)C(F)F. The molecule has 0 saturated heterocycles. The summed E-state index contributed by atoms with van der Waals surface area (Å²) in [5.74, 6) is -0.482. The van der Waals surface area contributed by atoms with Crippen LogP contribution >= 0.6 is 0 Å². The number of H-pyrrole nitrogens is 1. The van der Waals surface area contributed by atoms with Crippen LogP contribution in [0.2, 0.25) is 0 Å². The summed E-state index contributed by atoms with van der Waals surface area (Å²) in [4.78, 5) is 6.90. The van der Waals surface area contributed by atoms with Gasteiger partial charge in [0.15, 0.2) is 0 Å². The normalized spacial score (nSPS) is 16.0. The summed E-state index contributed by atoms with van der Waals surface area (Å²) in [6, 6.07) is 6.85. The molecular formula is C21H22F4N2O2. The second-order valence-electron chi connectivity index (χ2n) is 7.55. The van der Waals surface area contributed by atoms with Gasteiger partial charge in [-0.1, -0.05) is 6.92 Å². The zero-order chi connectivity index (χ0) is 21.2. The number of methoxy groups -OCH3 is 1. The molecular weight excluding hydrogens is 388 g/mol. The van der Waals surface area contributed by atoms with E-state index in [1.807, 2.05) is 0 Å². The number of nitrogens with one attached hydrogen (secondary N) is 1. The number of aliphatic hydroxyl groups is 1. The van der Waals surface area contributed by atoms with Crippen LogP contribution in [0.4, 0.5) is 17.6 Å². The van der Waals surface area contributed by atoms with E-state index in [0.29, 0.717) is 11.2 Å². The predicted octanol–water partition coefficient (Wildman–Crippen LogP) is 4.57. The Balaban J connectivity index is 1.98. The molecule has 0 bridgehead atoms. The van der Waals surface area contributed by atoms with E-state index in [4.69, 9.17) is 4.74 Å². The van der Waals surface area contributed by atoms with Crippen molar-refractivity contribution in [3.05, 3.63) is 59.8 Å². The number of fused-ring (bicyclic) bond motifs is 1. The largest absolute Gasteiger partial charge is 0.496 e. The molecule has 3 rings (SSSR count). The molecule has 29 heavy (non-hydrogen) atoms. The molecule has 8 heteroatoms. The van der Waals surface area contributed by atoms with E-state index in [1.54, 1.807) is 24.5 Å². The van der Waals surface area contributed by atoms with Gasteiger partial charge in [-0.15, -0.1) is 0 Å². The Kier molecular flexibility index (Phi) is 5.84. The number of rotatable bonds is 8. The number of hydrogen-bond donors (Lipinski definition) is 2. The molecule has 0 aliphatic heterocycles. The van der Waals surface area contributed by atoms with Gasteiger partial charge >= 0.3 is 0 Å². The van der Waals surface area contributed by atoms with Gasteiger partial charge < -0.3 is 14.8 Å². The third-order valence-corrected chi connectivity index (χ3v) is 5.19. The maximum absolute atomic E-state index is 14.1. The van der Waals surface area contributed by atoms with Gasteiger partial charge in [0.25, 0.3) is 6.43 Å². The Morgan fingerprint density at radius 3 is 2.62 bits per heavy atom. The van der Waals surface area contributed by atoms with Crippen LogP contribution in [0.15, 0.2) is 42.7 Å². The molecule has 0 amide bonds. The van der Waals surface area contributed by atoms with E-state index < -0.39 is 42.8 Å². The highest BCUT2D eigenvalue weighted by atomic mass is 19.3. The van der Waals surface area contributed by atoms with Crippen molar-refractivity contribution in [2.75, 3.05) is 13.8 Å². The molecule has 1 aromatic carbocycles. The van der Waals surface area contributed by atoms with Crippen LogP contribution < -0.4 is 4.74 Å². The first-order chi connectivity index (χ1) is 13.7. The first-order valence-corrected chi connectivity index (χ1v) is 9.03. The van der Waals surface area contributed by atoms with Gasteiger partial charge in [-0.25, -0.2) is 13.2 Å². The Morgan fingerprint density at radius 2 is 2.00 bits per heavy atom. The molecule has 0 spiro atoms. The fourth-order valence-corrected chi connectivity index (χ4v) is 3.72. The van der Waals surface area contributed by atoms with Crippen molar-refractivity contribution in [3.8, 4) is 5.75 Å². The van der Waals surface area contributed by atoms with Gasteiger partial charge in [-0.3, -0.25) is 9.37 Å². The minimum Gasteiger partial charge on any atom is -0.496 e. The Hall–Kier alpha value is -2.61. The lowest BCUT2D eigenvalue weighted by Crippen LogP contribution is -2.46. The van der Waals surface area contributed by atoms with Crippen LogP contribution in [0.25, 0.3) is 10.9 Å². The highest BCUT2D eigenvalue weighted by molar-refractivity contribution is 5.79. The smallest absolute Gasteiger partial charge is 0.267 e. The van der Waals surface area contributed by atoms with Crippen LogP contribution in [-0.2, 0) is 11.8 Å². The van der Waals surface area contributed by atoms with E-state index in [0.717, 1.165) is 17.5 Å². The lowest BCUT2D eigenvalue weighted by atomic mass is 9.73. The van der Waals surface area contributed by atoms with E-state index >= 15 is 0 Å². The summed E-state index contributed by atoms with van der Waals surface area (Å²) in [6.07, 6.45) is -1.12. The quantitative estimate of drug-likeness (QED) is 0.535. The standard InChI is InChI=1S/C21H22F4N2O2/c1-20(12-22,16-8-14(23)3-4-18(16)29-2)11-21(28,19(24)25)9-15-7-13-5-6-26-10-17(13)27-15/h3-8,10,19,27-28H,9,11-12H2,1-2H3. The number of benzene rings is 1. The summed E-state index contributed by atoms with van der Waals surface area (Å²) < 4.78 is 61.0. The number of aromatic amines is 1. The maximum Gasteiger partial charge on any atom is 0.267 e. The fourth-order valence-electron chi connectivity index (χ4n) is 3.72. The highest BCUT2D eigenvalue weighted by Crippen LogP contribution is 2.41. The lowest BCUT2D eigenvalue weighted by molar-refractivity contribution is -0.113. The second-order valence-corrected chi connectivity index (χ2v) is 7.55. The third-order valence-electron chi connectivity index (χ3n) is 5.19. The van der Waals surface area contributed by atoms with Crippen molar-refractivity contribution >= 4 is 10.9 Å². The second kappa shape index (κ2) is 8.02. The highest BCUT2D eigenvalue weighted by Gasteiger charge is 2.46. The fraction of sp³-hybridized carbons (Fsp3) is 0.381. The summed E-state index contributed by atoms with van der Waals surface area (Å²) in [5.41, 5.74) is -3.05. The van der Waals surface area contributed by atoms with Gasteiger partial charge in [0.05, 0.1) is 25.5 Å². The number of nitrogens with zero attached hydrogens (tertiary/aromatic N) is 1. The van der Waals surface area contributed by atoms with E-state index in [9.17, 15) is 22.7 Å². The average molecular weight is 410 g/mol. The van der Waals surface area contributed by atoms with Crippen LogP contribution in [0.3, 0.4) is 0 Å². The van der Waals surface area contributed by atoms with Crippen LogP contribution in [-0.4, -0.2) is 40.9 Å². The van der Waals surface area contributed by atoms with E-state index in [-0.39, 0.29) is 11.3 Å². The molecule has 2 N–H and O–H groups in total. The molecule has 0 radical (unpaired) electrons. The maximum atomic E-state index is 14.1. The number of alkyl halides is 3. The van der Waals surface area contributed by atoms with Crippen LogP contribution in [0.1, 0.15) is 24.6 Å². The van der Waals surface area contributed by atoms with E-state index in [1.165, 1.54) is 20.1 Å². The monoisotopic (exact) mass is 410 g/mol. The Labute approximate surface area is 165 Å². The molecule has 2 aromatic heterocycles. The third kappa shape index (κ3) is 4.22. The van der Waals surface area contributed by atoms with Crippen molar-refractivity contribution in [2.45, 2.75) is 37.2 Å². The number of pyridine rings is 1. The average Bonchev–Trinajstić information content (AvgIpc) is 3.09. The summed E-state index contributed by atoms with van der Waals surface area (Å²) in [7, 11) is 1.33. The minimum absolute atomic E-state index is 0.0856. The van der Waals surface area contributed by atoms with Gasteiger partial charge in [0, 0.05) is 34.7 Å². The summed E-state index contributed by atoms with van der Waals surface area (Å²) >= 11 is 0.